The molecular formula is C22H18Cl2F3N5O. The van der Waals surface area contributed by atoms with Crippen molar-refractivity contribution >= 4 is 34.1 Å². The Morgan fingerprint density at radius 2 is 1.70 bits per heavy atom. The summed E-state index contributed by atoms with van der Waals surface area (Å²) in [5, 5.41) is 22.5. The lowest BCUT2D eigenvalue weighted by Crippen LogP contribution is -2.31. The van der Waals surface area contributed by atoms with Gasteiger partial charge in [-0.15, -0.1) is 0 Å². The molecule has 3 aromatic heterocycles. The molecule has 0 aliphatic carbocycles. The Labute approximate surface area is 196 Å². The number of nitrogens with one attached hydrogen (secondary N) is 1. The molecule has 0 amide bonds. The predicted octanol–water partition coefficient (Wildman–Crippen LogP) is 5.37. The number of hydrogen-bond donors (Lipinski definition) is 2. The molecule has 1 unspecified atom stereocenters. The molecule has 172 valence electrons. The van der Waals surface area contributed by atoms with E-state index in [1.807, 2.05) is 6.92 Å². The molecular weight excluding hydrogens is 478 g/mol. The van der Waals surface area contributed by atoms with E-state index in [0.717, 1.165) is 5.69 Å². The zero-order valence-electron chi connectivity index (χ0n) is 17.7. The van der Waals surface area contributed by atoms with Crippen LogP contribution in [0.2, 0.25) is 10.2 Å². The number of halogens is 5. The summed E-state index contributed by atoms with van der Waals surface area (Å²) in [5.74, 6) is 0. The van der Waals surface area contributed by atoms with Crippen LogP contribution in [0.1, 0.15) is 39.5 Å². The number of aryl methyl sites for hydroxylation is 3. The third-order valence-corrected chi connectivity index (χ3v) is 6.18. The van der Waals surface area contributed by atoms with Crippen molar-refractivity contribution in [3.63, 3.8) is 0 Å². The van der Waals surface area contributed by atoms with Crippen molar-refractivity contribution < 1.29 is 18.3 Å². The number of nitrogens with zero attached hydrogens (tertiary/aromatic N) is 4. The average molecular weight is 496 g/mol. The van der Waals surface area contributed by atoms with Crippen LogP contribution in [0.15, 0.2) is 30.3 Å². The van der Waals surface area contributed by atoms with Gasteiger partial charge in [-0.25, -0.2) is 4.98 Å². The summed E-state index contributed by atoms with van der Waals surface area (Å²) in [5.41, 5.74) is 0.874. The number of aromatic amines is 1. The van der Waals surface area contributed by atoms with E-state index >= 15 is 0 Å². The highest BCUT2D eigenvalue weighted by molar-refractivity contribution is 6.39. The highest BCUT2D eigenvalue weighted by Gasteiger charge is 2.40. The molecule has 4 aromatic rings. The Morgan fingerprint density at radius 3 is 2.30 bits per heavy atom. The highest BCUT2D eigenvalue weighted by atomic mass is 35.5. The van der Waals surface area contributed by atoms with Crippen LogP contribution in [-0.2, 0) is 12.0 Å². The van der Waals surface area contributed by atoms with Gasteiger partial charge in [-0.2, -0.15) is 28.6 Å². The summed E-state index contributed by atoms with van der Waals surface area (Å²) in [7, 11) is 0. The van der Waals surface area contributed by atoms with E-state index < -0.39 is 18.2 Å². The van der Waals surface area contributed by atoms with Crippen LogP contribution in [0.4, 0.5) is 13.2 Å². The number of aliphatic hydroxyl groups is 1. The number of pyridine rings is 2. The summed E-state index contributed by atoms with van der Waals surface area (Å²) in [6.45, 7) is 5.25. The van der Waals surface area contributed by atoms with Gasteiger partial charge < -0.3 is 5.11 Å². The van der Waals surface area contributed by atoms with Gasteiger partial charge in [0, 0.05) is 27.9 Å². The number of aromatic nitrogens is 5. The zero-order valence-corrected chi connectivity index (χ0v) is 19.2. The Bertz CT molecular complexity index is 1370. The Morgan fingerprint density at radius 1 is 0.970 bits per heavy atom. The fraction of sp³-hybridized carbons (Fsp3) is 0.273. The molecule has 1 aromatic carbocycles. The van der Waals surface area contributed by atoms with Crippen molar-refractivity contribution in [3.05, 3.63) is 80.0 Å². The predicted molar refractivity (Wildman–Crippen MR) is 118 cm³/mol. The molecule has 4 rings (SSSR count). The molecule has 6 nitrogen and oxygen atoms in total. The summed E-state index contributed by atoms with van der Waals surface area (Å²) < 4.78 is 39.3. The van der Waals surface area contributed by atoms with Gasteiger partial charge in [0.25, 0.3) is 0 Å². The monoisotopic (exact) mass is 495 g/mol. The minimum Gasteiger partial charge on any atom is -0.374 e. The molecule has 0 fully saturated rings. The van der Waals surface area contributed by atoms with Crippen LogP contribution >= 0.6 is 23.2 Å². The first-order valence-electron chi connectivity index (χ1n) is 9.81. The molecule has 11 heteroatoms. The Balaban J connectivity index is 2.01. The van der Waals surface area contributed by atoms with Gasteiger partial charge in [0.1, 0.15) is 10.8 Å². The minimum absolute atomic E-state index is 0.179. The second-order valence-electron chi connectivity index (χ2n) is 7.77. The molecule has 1 atom stereocenters. The molecule has 0 saturated carbocycles. The van der Waals surface area contributed by atoms with Gasteiger partial charge in [-0.05, 0) is 44.5 Å². The van der Waals surface area contributed by atoms with Gasteiger partial charge in [-0.1, -0.05) is 35.3 Å². The number of rotatable bonds is 4. The summed E-state index contributed by atoms with van der Waals surface area (Å²) in [4.78, 5) is 8.53. The lowest BCUT2D eigenvalue weighted by Gasteiger charge is -2.29. The smallest absolute Gasteiger partial charge is 0.374 e. The largest absolute Gasteiger partial charge is 0.393 e. The van der Waals surface area contributed by atoms with E-state index in [-0.39, 0.29) is 32.3 Å². The van der Waals surface area contributed by atoms with Gasteiger partial charge in [0.05, 0.1) is 22.7 Å². The maximum Gasteiger partial charge on any atom is 0.393 e. The first-order chi connectivity index (χ1) is 15.4. The lowest BCUT2D eigenvalue weighted by molar-refractivity contribution is -0.127. The standard InChI is InChI=1S/C22H18Cl2F3N5O/c1-10-4-6-16(11(2)28-10)22(33,19-12(3)30-32-31-19)13-5-7-17-14(8-13)18(23)15(20(24)29-17)9-21(25,26)27/h4-8,33H,9H2,1-3H3,(H,30,31,32). The number of H-pyrrole nitrogens is 1. The molecule has 33 heavy (non-hydrogen) atoms. The van der Waals surface area contributed by atoms with E-state index in [0.29, 0.717) is 22.5 Å². The quantitative estimate of drug-likeness (QED) is 0.371. The maximum absolute atomic E-state index is 13.1. The summed E-state index contributed by atoms with van der Waals surface area (Å²) in [6, 6.07) is 8.11. The third kappa shape index (κ3) is 4.16. The number of benzene rings is 1. The second kappa shape index (κ2) is 8.23. The second-order valence-corrected chi connectivity index (χ2v) is 8.51. The van der Waals surface area contributed by atoms with Crippen molar-refractivity contribution in [1.82, 2.24) is 25.4 Å². The van der Waals surface area contributed by atoms with Gasteiger partial charge in [0.2, 0.25) is 0 Å². The Hall–Kier alpha value is -2.75. The van der Waals surface area contributed by atoms with Gasteiger partial charge in [-0.3, -0.25) is 4.98 Å². The minimum atomic E-state index is -4.52. The normalized spacial score (nSPS) is 14.0. The summed E-state index contributed by atoms with van der Waals surface area (Å²) >= 11 is 12.4. The van der Waals surface area contributed by atoms with E-state index in [2.05, 4.69) is 25.4 Å². The first-order valence-corrected chi connectivity index (χ1v) is 10.6. The van der Waals surface area contributed by atoms with Crippen LogP contribution < -0.4 is 0 Å². The van der Waals surface area contributed by atoms with Gasteiger partial charge >= 0.3 is 6.18 Å². The van der Waals surface area contributed by atoms with Crippen LogP contribution in [0, 0.1) is 20.8 Å². The fourth-order valence-corrected chi connectivity index (χ4v) is 4.54. The molecule has 0 bridgehead atoms. The fourth-order valence-electron chi connectivity index (χ4n) is 3.93. The van der Waals surface area contributed by atoms with E-state index in [9.17, 15) is 18.3 Å². The van der Waals surface area contributed by atoms with E-state index in [1.165, 1.54) is 12.1 Å². The molecule has 0 aliphatic heterocycles. The van der Waals surface area contributed by atoms with Crippen molar-refractivity contribution in [3.8, 4) is 0 Å². The van der Waals surface area contributed by atoms with E-state index in [1.54, 1.807) is 32.0 Å². The van der Waals surface area contributed by atoms with Crippen LogP contribution in [-0.4, -0.2) is 36.7 Å². The Kier molecular flexibility index (Phi) is 5.84. The van der Waals surface area contributed by atoms with Crippen molar-refractivity contribution in [2.24, 2.45) is 0 Å². The first kappa shape index (κ1) is 23.4. The van der Waals surface area contributed by atoms with Crippen molar-refractivity contribution in [1.29, 1.82) is 0 Å². The molecule has 3 heterocycles. The lowest BCUT2D eigenvalue weighted by atomic mass is 9.81. The number of hydrogen-bond acceptors (Lipinski definition) is 5. The third-order valence-electron chi connectivity index (χ3n) is 5.44. The highest BCUT2D eigenvalue weighted by Crippen LogP contribution is 2.41. The summed E-state index contributed by atoms with van der Waals surface area (Å²) in [6.07, 6.45) is -5.85. The number of alkyl halides is 3. The topological polar surface area (TPSA) is 87.6 Å². The van der Waals surface area contributed by atoms with Crippen molar-refractivity contribution in [2.75, 3.05) is 0 Å². The molecule has 2 N–H and O–H groups in total. The SMILES string of the molecule is Cc1ccc(C(O)(c2ccc3nc(Cl)c(CC(F)(F)F)c(Cl)c3c2)c2n[nH]nc2C)c(C)n1. The van der Waals surface area contributed by atoms with Gasteiger partial charge in [0.15, 0.2) is 5.60 Å². The average Bonchev–Trinajstić information content (AvgIpc) is 3.16. The maximum atomic E-state index is 13.1. The van der Waals surface area contributed by atoms with Crippen LogP contribution in [0.25, 0.3) is 10.9 Å². The van der Waals surface area contributed by atoms with Crippen molar-refractivity contribution in [2.45, 2.75) is 39.0 Å². The van der Waals surface area contributed by atoms with E-state index in [4.69, 9.17) is 23.2 Å². The number of fused-ring (bicyclic) bond motifs is 1. The molecule has 0 saturated heterocycles. The zero-order chi connectivity index (χ0) is 24.1. The molecule has 0 aliphatic rings. The van der Waals surface area contributed by atoms with Crippen LogP contribution in [0.5, 0.6) is 0 Å². The van der Waals surface area contributed by atoms with Crippen LogP contribution in [0.3, 0.4) is 0 Å². The molecule has 0 spiro atoms. The molecule has 0 radical (unpaired) electrons.